The van der Waals surface area contributed by atoms with E-state index in [2.05, 4.69) is 9.97 Å². The third-order valence-electron chi connectivity index (χ3n) is 3.16. The van der Waals surface area contributed by atoms with Crippen molar-refractivity contribution in [2.75, 3.05) is 24.6 Å². The quantitative estimate of drug-likeness (QED) is 0.597. The molecule has 6 heteroatoms. The molecule has 1 aromatic heterocycles. The zero-order chi connectivity index (χ0) is 13.7. The van der Waals surface area contributed by atoms with Crippen LogP contribution in [0.25, 0.3) is 0 Å². The molecule has 0 bridgehead atoms. The summed E-state index contributed by atoms with van der Waals surface area (Å²) in [5, 5.41) is 0. The average molecular weight is 263 g/mol. The molecule has 1 aromatic rings. The normalized spacial score (nSPS) is 16.2. The van der Waals surface area contributed by atoms with Crippen LogP contribution in [0.5, 0.6) is 0 Å². The van der Waals surface area contributed by atoms with Gasteiger partial charge in [0.15, 0.2) is 0 Å². The number of esters is 1. The van der Waals surface area contributed by atoms with Crippen LogP contribution < -0.4 is 4.90 Å². The van der Waals surface area contributed by atoms with Gasteiger partial charge in [-0.1, -0.05) is 0 Å². The van der Waals surface area contributed by atoms with Gasteiger partial charge in [-0.25, -0.2) is 14.8 Å². The number of aromatic nitrogens is 2. The minimum Gasteiger partial charge on any atom is -0.462 e. The molecule has 0 aromatic carbocycles. The summed E-state index contributed by atoms with van der Waals surface area (Å²) in [6.07, 6.45) is 5.62. The van der Waals surface area contributed by atoms with E-state index >= 15 is 0 Å². The highest BCUT2D eigenvalue weighted by molar-refractivity contribution is 5.88. The van der Waals surface area contributed by atoms with Crippen molar-refractivity contribution in [3.8, 4) is 0 Å². The number of hydrogen-bond donors (Lipinski definition) is 0. The maximum atomic E-state index is 11.5. The Kier molecular flexibility index (Phi) is 4.43. The van der Waals surface area contributed by atoms with Gasteiger partial charge < -0.3 is 14.4 Å². The summed E-state index contributed by atoms with van der Waals surface area (Å²) in [7, 11) is 0. The predicted octanol–water partition coefficient (Wildman–Crippen LogP) is 1.07. The van der Waals surface area contributed by atoms with Gasteiger partial charge in [-0.2, -0.15) is 0 Å². The Balaban J connectivity index is 1.99. The van der Waals surface area contributed by atoms with E-state index in [-0.39, 0.29) is 5.92 Å². The van der Waals surface area contributed by atoms with Gasteiger partial charge in [-0.15, -0.1) is 0 Å². The van der Waals surface area contributed by atoms with E-state index in [0.29, 0.717) is 18.1 Å². The summed E-state index contributed by atoms with van der Waals surface area (Å²) in [6, 6.07) is 0. The zero-order valence-electron chi connectivity index (χ0n) is 10.9. The fraction of sp³-hybridized carbons (Fsp3) is 0.538. The molecule has 1 saturated heterocycles. The van der Waals surface area contributed by atoms with Crippen molar-refractivity contribution in [3.63, 3.8) is 0 Å². The highest BCUT2D eigenvalue weighted by atomic mass is 16.5. The first kappa shape index (κ1) is 13.5. The highest BCUT2D eigenvalue weighted by Crippen LogP contribution is 2.18. The van der Waals surface area contributed by atoms with Crippen LogP contribution in [-0.4, -0.2) is 41.9 Å². The fourth-order valence-electron chi connectivity index (χ4n) is 2.04. The maximum Gasteiger partial charge on any atom is 0.341 e. The van der Waals surface area contributed by atoms with Crippen LogP contribution in [0.3, 0.4) is 0 Å². The zero-order valence-corrected chi connectivity index (χ0v) is 10.9. The Hall–Kier alpha value is -1.98. The molecular weight excluding hydrogens is 246 g/mol. The van der Waals surface area contributed by atoms with Gasteiger partial charge in [0.1, 0.15) is 6.29 Å². The van der Waals surface area contributed by atoms with E-state index < -0.39 is 5.97 Å². The summed E-state index contributed by atoms with van der Waals surface area (Å²) in [5.74, 6) is 0.334. The van der Waals surface area contributed by atoms with Crippen LogP contribution in [-0.2, 0) is 9.53 Å². The second kappa shape index (κ2) is 6.26. The second-order valence-electron chi connectivity index (χ2n) is 4.45. The number of rotatable bonds is 4. The van der Waals surface area contributed by atoms with Gasteiger partial charge in [-0.3, -0.25) is 0 Å². The first-order valence-corrected chi connectivity index (χ1v) is 6.44. The van der Waals surface area contributed by atoms with E-state index in [1.165, 1.54) is 12.4 Å². The number of anilines is 1. The summed E-state index contributed by atoms with van der Waals surface area (Å²) in [6.45, 7) is 3.62. The van der Waals surface area contributed by atoms with Crippen molar-refractivity contribution in [2.45, 2.75) is 19.8 Å². The largest absolute Gasteiger partial charge is 0.462 e. The highest BCUT2D eigenvalue weighted by Gasteiger charge is 2.20. The molecule has 0 aliphatic carbocycles. The van der Waals surface area contributed by atoms with Crippen molar-refractivity contribution >= 4 is 18.2 Å². The van der Waals surface area contributed by atoms with Crippen LogP contribution in [0.1, 0.15) is 30.1 Å². The summed E-state index contributed by atoms with van der Waals surface area (Å²) >= 11 is 0. The second-order valence-corrected chi connectivity index (χ2v) is 4.45. The minimum atomic E-state index is -0.409. The molecule has 2 rings (SSSR count). The van der Waals surface area contributed by atoms with Crippen molar-refractivity contribution in [1.29, 1.82) is 0 Å². The molecule has 1 aliphatic heterocycles. The smallest absolute Gasteiger partial charge is 0.341 e. The maximum absolute atomic E-state index is 11.5. The van der Waals surface area contributed by atoms with Gasteiger partial charge in [0, 0.05) is 31.4 Å². The van der Waals surface area contributed by atoms with Gasteiger partial charge in [0.05, 0.1) is 12.2 Å². The number of nitrogens with zero attached hydrogens (tertiary/aromatic N) is 3. The van der Waals surface area contributed by atoms with Crippen LogP contribution in [0, 0.1) is 5.92 Å². The first-order valence-electron chi connectivity index (χ1n) is 6.44. The summed E-state index contributed by atoms with van der Waals surface area (Å²) in [4.78, 5) is 32.5. The molecule has 6 nitrogen and oxygen atoms in total. The van der Waals surface area contributed by atoms with E-state index in [1.807, 2.05) is 4.90 Å². The lowest BCUT2D eigenvalue weighted by atomic mass is 9.99. The number of aldehydes is 1. The van der Waals surface area contributed by atoms with Crippen LogP contribution >= 0.6 is 0 Å². The van der Waals surface area contributed by atoms with E-state index in [4.69, 9.17) is 4.74 Å². The number of piperidine rings is 1. The number of hydrogen-bond acceptors (Lipinski definition) is 6. The lowest BCUT2D eigenvalue weighted by Gasteiger charge is -2.29. The molecule has 2 heterocycles. The number of carbonyl (C=O) groups is 2. The van der Waals surface area contributed by atoms with E-state index in [0.717, 1.165) is 32.2 Å². The van der Waals surface area contributed by atoms with Gasteiger partial charge in [0.25, 0.3) is 0 Å². The molecule has 0 saturated carbocycles. The van der Waals surface area contributed by atoms with Gasteiger partial charge >= 0.3 is 5.97 Å². The molecule has 102 valence electrons. The monoisotopic (exact) mass is 263 g/mol. The van der Waals surface area contributed by atoms with Crippen molar-refractivity contribution in [1.82, 2.24) is 9.97 Å². The molecule has 1 aliphatic rings. The van der Waals surface area contributed by atoms with Gasteiger partial charge in [0.2, 0.25) is 5.95 Å². The predicted molar refractivity (Wildman–Crippen MR) is 69.0 cm³/mol. The first-order chi connectivity index (χ1) is 9.24. The molecule has 0 spiro atoms. The molecule has 1 fully saturated rings. The fourth-order valence-corrected chi connectivity index (χ4v) is 2.04. The van der Waals surface area contributed by atoms with Crippen LogP contribution in [0.2, 0.25) is 0 Å². The Bertz CT molecular complexity index is 439. The lowest BCUT2D eigenvalue weighted by Crippen LogP contribution is -2.35. The SMILES string of the molecule is CCOC(=O)c1cnc(N2CCC(C=O)CC2)nc1. The summed E-state index contributed by atoms with van der Waals surface area (Å²) in [5.41, 5.74) is 0.355. The average Bonchev–Trinajstić information content (AvgIpc) is 2.48. The molecule has 0 N–H and O–H groups in total. The van der Waals surface area contributed by atoms with E-state index in [1.54, 1.807) is 6.92 Å². The Morgan fingerprint density at radius 3 is 2.58 bits per heavy atom. The topological polar surface area (TPSA) is 72.4 Å². The molecule has 0 amide bonds. The van der Waals surface area contributed by atoms with Crippen molar-refractivity contribution in [2.24, 2.45) is 5.92 Å². The molecule has 19 heavy (non-hydrogen) atoms. The van der Waals surface area contributed by atoms with Gasteiger partial charge in [-0.05, 0) is 19.8 Å². The third kappa shape index (κ3) is 3.27. The van der Waals surface area contributed by atoms with Crippen LogP contribution in [0.4, 0.5) is 5.95 Å². The number of carbonyl (C=O) groups excluding carboxylic acids is 2. The lowest BCUT2D eigenvalue weighted by molar-refractivity contribution is -0.111. The standard InChI is InChI=1S/C13H17N3O3/c1-2-19-12(18)11-7-14-13(15-8-11)16-5-3-10(9-17)4-6-16/h7-10H,2-6H2,1H3. The van der Waals surface area contributed by atoms with E-state index in [9.17, 15) is 9.59 Å². The molecular formula is C13H17N3O3. The number of ether oxygens (including phenoxy) is 1. The minimum absolute atomic E-state index is 0.148. The Morgan fingerprint density at radius 2 is 2.05 bits per heavy atom. The van der Waals surface area contributed by atoms with Crippen LogP contribution in [0.15, 0.2) is 12.4 Å². The molecule has 0 unspecified atom stereocenters. The Morgan fingerprint density at radius 1 is 1.42 bits per heavy atom. The third-order valence-corrected chi connectivity index (χ3v) is 3.16. The molecule has 0 atom stereocenters. The van der Waals surface area contributed by atoms with Crippen molar-refractivity contribution in [3.05, 3.63) is 18.0 Å². The van der Waals surface area contributed by atoms with Crippen molar-refractivity contribution < 1.29 is 14.3 Å². The molecule has 0 radical (unpaired) electrons. The Labute approximate surface area is 111 Å². The summed E-state index contributed by atoms with van der Waals surface area (Å²) < 4.78 is 4.87.